The molecule has 0 N–H and O–H groups in total. The van der Waals surface area contributed by atoms with E-state index in [9.17, 15) is 13.2 Å². The number of piperazine rings is 1. The van der Waals surface area contributed by atoms with Gasteiger partial charge >= 0.3 is 5.56 Å². The molecule has 1 aliphatic heterocycles. The van der Waals surface area contributed by atoms with Gasteiger partial charge in [-0.15, -0.1) is 0 Å². The maximum atomic E-state index is 13.3. The molecule has 1 aromatic heterocycles. The number of hydrogen-bond acceptors (Lipinski definition) is 7. The van der Waals surface area contributed by atoms with Crippen LogP contribution in [0.2, 0.25) is 5.02 Å². The van der Waals surface area contributed by atoms with Gasteiger partial charge in [0.2, 0.25) is 15.8 Å². The molecule has 2 aromatic rings. The summed E-state index contributed by atoms with van der Waals surface area (Å²) in [5.74, 6) is 0.318. The fourth-order valence-electron chi connectivity index (χ4n) is 3.59. The van der Waals surface area contributed by atoms with Crippen LogP contribution in [0.4, 0.5) is 5.69 Å². The summed E-state index contributed by atoms with van der Waals surface area (Å²) in [6, 6.07) is 6.86. The third-order valence-electron chi connectivity index (χ3n) is 5.37. The first-order valence-corrected chi connectivity index (χ1v) is 13.2. The predicted octanol–water partition coefficient (Wildman–Crippen LogP) is 2.55. The molecular weight excluding hydrogens is 468 g/mol. The summed E-state index contributed by atoms with van der Waals surface area (Å²) < 4.78 is 39.0. The van der Waals surface area contributed by atoms with E-state index in [1.807, 2.05) is 18.7 Å². The van der Waals surface area contributed by atoms with Gasteiger partial charge in [0, 0.05) is 37.8 Å². The number of benzene rings is 1. The molecule has 1 saturated heterocycles. The lowest BCUT2D eigenvalue weighted by molar-refractivity contribution is 0.109. The SMILES string of the molecule is CCCCS(=O)(=O)N1CCN(c2cnn(-c3cccc(Cl)c3)c(=O)c2OCCOCC)CC1. The number of nitrogens with zero attached hydrogens (tertiary/aromatic N) is 4. The molecule has 1 fully saturated rings. The summed E-state index contributed by atoms with van der Waals surface area (Å²) in [6.07, 6.45) is 3.06. The molecule has 3 rings (SSSR count). The first kappa shape index (κ1) is 25.5. The highest BCUT2D eigenvalue weighted by Gasteiger charge is 2.29. The van der Waals surface area contributed by atoms with Crippen LogP contribution in [-0.2, 0) is 14.8 Å². The summed E-state index contributed by atoms with van der Waals surface area (Å²) in [5, 5.41) is 4.83. The van der Waals surface area contributed by atoms with Gasteiger partial charge in [-0.3, -0.25) is 4.79 Å². The molecule has 11 heteroatoms. The monoisotopic (exact) mass is 498 g/mol. The number of unbranched alkanes of at least 4 members (excludes halogenated alkanes) is 1. The van der Waals surface area contributed by atoms with E-state index in [-0.39, 0.29) is 18.1 Å². The Labute approximate surface area is 199 Å². The fraction of sp³-hybridized carbons (Fsp3) is 0.545. The fourth-order valence-corrected chi connectivity index (χ4v) is 5.41. The molecule has 9 nitrogen and oxygen atoms in total. The van der Waals surface area contributed by atoms with Gasteiger partial charge in [-0.05, 0) is 31.5 Å². The van der Waals surface area contributed by atoms with Crippen molar-refractivity contribution in [2.75, 3.05) is 56.7 Å². The number of sulfonamides is 1. The van der Waals surface area contributed by atoms with Crippen molar-refractivity contribution in [3.8, 4) is 11.4 Å². The van der Waals surface area contributed by atoms with Crippen LogP contribution in [-0.4, -0.2) is 74.3 Å². The van der Waals surface area contributed by atoms with E-state index in [0.29, 0.717) is 62.2 Å². The van der Waals surface area contributed by atoms with Gasteiger partial charge in [-0.2, -0.15) is 14.1 Å². The largest absolute Gasteiger partial charge is 0.484 e. The normalized spacial score (nSPS) is 15.1. The Bertz CT molecular complexity index is 1080. The van der Waals surface area contributed by atoms with E-state index in [2.05, 4.69) is 5.10 Å². The van der Waals surface area contributed by atoms with Crippen LogP contribution in [0.5, 0.6) is 5.75 Å². The highest BCUT2D eigenvalue weighted by Crippen LogP contribution is 2.26. The minimum absolute atomic E-state index is 0.159. The Hall–Kier alpha value is -2.14. The number of rotatable bonds is 11. The van der Waals surface area contributed by atoms with E-state index in [1.54, 1.807) is 30.5 Å². The van der Waals surface area contributed by atoms with Gasteiger partial charge in [0.05, 0.1) is 24.2 Å². The molecule has 33 heavy (non-hydrogen) atoms. The Morgan fingerprint density at radius 3 is 2.55 bits per heavy atom. The van der Waals surface area contributed by atoms with Crippen LogP contribution in [0.1, 0.15) is 26.7 Å². The van der Waals surface area contributed by atoms with E-state index in [4.69, 9.17) is 21.1 Å². The average Bonchev–Trinajstić information content (AvgIpc) is 2.81. The predicted molar refractivity (Wildman–Crippen MR) is 129 cm³/mol. The average molecular weight is 499 g/mol. The zero-order valence-corrected chi connectivity index (χ0v) is 20.6. The molecule has 182 valence electrons. The van der Waals surface area contributed by atoms with Crippen LogP contribution < -0.4 is 15.2 Å². The van der Waals surface area contributed by atoms with Crippen molar-refractivity contribution in [2.45, 2.75) is 26.7 Å². The van der Waals surface area contributed by atoms with Gasteiger partial charge in [0.25, 0.3) is 0 Å². The maximum absolute atomic E-state index is 13.3. The van der Waals surface area contributed by atoms with E-state index in [1.165, 1.54) is 8.99 Å². The van der Waals surface area contributed by atoms with E-state index < -0.39 is 15.6 Å². The number of ether oxygens (including phenoxy) is 2. The van der Waals surface area contributed by atoms with Crippen molar-refractivity contribution in [3.05, 3.63) is 45.8 Å². The minimum Gasteiger partial charge on any atom is -0.484 e. The quantitative estimate of drug-likeness (QED) is 0.439. The smallest absolute Gasteiger partial charge is 0.316 e. The van der Waals surface area contributed by atoms with Crippen LogP contribution in [0.25, 0.3) is 5.69 Å². The molecule has 1 aromatic carbocycles. The highest BCUT2D eigenvalue weighted by molar-refractivity contribution is 7.89. The maximum Gasteiger partial charge on any atom is 0.316 e. The zero-order valence-electron chi connectivity index (χ0n) is 19.1. The Kier molecular flexibility index (Phi) is 9.13. The first-order chi connectivity index (χ1) is 15.9. The van der Waals surface area contributed by atoms with Crippen molar-refractivity contribution < 1.29 is 17.9 Å². The van der Waals surface area contributed by atoms with Gasteiger partial charge in [0.1, 0.15) is 12.3 Å². The van der Waals surface area contributed by atoms with Crippen molar-refractivity contribution >= 4 is 27.3 Å². The van der Waals surface area contributed by atoms with Crippen molar-refractivity contribution in [3.63, 3.8) is 0 Å². The molecule has 0 saturated carbocycles. The molecule has 0 atom stereocenters. The third-order valence-corrected chi connectivity index (χ3v) is 7.57. The number of aromatic nitrogens is 2. The number of halogens is 1. The van der Waals surface area contributed by atoms with Gasteiger partial charge in [-0.25, -0.2) is 8.42 Å². The van der Waals surface area contributed by atoms with Gasteiger partial charge in [-0.1, -0.05) is 31.0 Å². The summed E-state index contributed by atoms with van der Waals surface area (Å²) in [5.41, 5.74) is 0.658. The third kappa shape index (κ3) is 6.47. The van der Waals surface area contributed by atoms with Crippen LogP contribution in [0, 0.1) is 0 Å². The first-order valence-electron chi connectivity index (χ1n) is 11.2. The molecule has 0 unspecified atom stereocenters. The van der Waals surface area contributed by atoms with E-state index in [0.717, 1.165) is 6.42 Å². The highest BCUT2D eigenvalue weighted by atomic mass is 35.5. The standard InChI is InChI=1S/C22H31ClN4O5S/c1-3-5-15-33(29,30)26-11-9-25(10-12-26)20-17-24-27(19-8-6-7-18(23)16-19)22(28)21(20)32-14-13-31-4-2/h6-8,16-17H,3-5,9-15H2,1-2H3. The second-order valence-electron chi connectivity index (χ2n) is 7.66. The van der Waals surface area contributed by atoms with Crippen LogP contribution in [0.15, 0.2) is 35.3 Å². The van der Waals surface area contributed by atoms with E-state index >= 15 is 0 Å². The summed E-state index contributed by atoms with van der Waals surface area (Å²) in [4.78, 5) is 15.3. The molecule has 0 aliphatic carbocycles. The topological polar surface area (TPSA) is 94.0 Å². The van der Waals surface area contributed by atoms with Gasteiger partial charge in [0.15, 0.2) is 0 Å². The Balaban J connectivity index is 1.85. The summed E-state index contributed by atoms with van der Waals surface area (Å²) >= 11 is 6.09. The summed E-state index contributed by atoms with van der Waals surface area (Å²) in [7, 11) is -3.27. The molecule has 0 bridgehead atoms. The molecule has 0 spiro atoms. The lowest BCUT2D eigenvalue weighted by atomic mass is 10.3. The van der Waals surface area contributed by atoms with Crippen molar-refractivity contribution in [1.29, 1.82) is 0 Å². The number of hydrogen-bond donors (Lipinski definition) is 0. The Morgan fingerprint density at radius 2 is 1.88 bits per heavy atom. The van der Waals surface area contributed by atoms with Crippen molar-refractivity contribution in [1.82, 2.24) is 14.1 Å². The lowest BCUT2D eigenvalue weighted by Crippen LogP contribution is -2.49. The molecule has 2 heterocycles. The molecular formula is C22H31ClN4O5S. The summed E-state index contributed by atoms with van der Waals surface area (Å²) in [6.45, 7) is 6.54. The van der Waals surface area contributed by atoms with Crippen molar-refractivity contribution in [2.24, 2.45) is 0 Å². The second-order valence-corrected chi connectivity index (χ2v) is 10.2. The second kappa shape index (κ2) is 11.8. The molecule has 0 radical (unpaired) electrons. The van der Waals surface area contributed by atoms with Crippen LogP contribution >= 0.6 is 11.6 Å². The molecule has 1 aliphatic rings. The van der Waals surface area contributed by atoms with Crippen LogP contribution in [0.3, 0.4) is 0 Å². The lowest BCUT2D eigenvalue weighted by Gasteiger charge is -2.35. The van der Waals surface area contributed by atoms with Gasteiger partial charge < -0.3 is 14.4 Å². The molecule has 0 amide bonds. The number of anilines is 1. The minimum atomic E-state index is -3.27. The zero-order chi connectivity index (χ0) is 23.8. The Morgan fingerprint density at radius 1 is 1.12 bits per heavy atom.